The van der Waals surface area contributed by atoms with E-state index in [0.717, 1.165) is 11.0 Å². The maximum Gasteiger partial charge on any atom is 0.495 e. The summed E-state index contributed by atoms with van der Waals surface area (Å²) < 4.78 is 12.1. The molecule has 0 aliphatic carbocycles. The molecule has 1 aromatic carbocycles. The molecule has 2 aromatic rings. The van der Waals surface area contributed by atoms with E-state index in [1.165, 1.54) is 0 Å². The normalized spacial score (nSPS) is 20.5. The number of hydrogen-bond acceptors (Lipinski definition) is 4. The summed E-state index contributed by atoms with van der Waals surface area (Å²) >= 11 is 0. The van der Waals surface area contributed by atoms with Gasteiger partial charge in [0, 0.05) is 11.6 Å². The van der Waals surface area contributed by atoms with Crippen molar-refractivity contribution in [2.24, 2.45) is 0 Å². The summed E-state index contributed by atoms with van der Waals surface area (Å²) in [5.74, 6) is 0.195. The molecule has 1 aliphatic rings. The highest BCUT2D eigenvalue weighted by molar-refractivity contribution is 6.65. The van der Waals surface area contributed by atoms with Gasteiger partial charge in [-0.2, -0.15) is 0 Å². The van der Waals surface area contributed by atoms with Crippen molar-refractivity contribution in [3.63, 3.8) is 0 Å². The van der Waals surface area contributed by atoms with Crippen LogP contribution >= 0.6 is 0 Å². The van der Waals surface area contributed by atoms with Crippen LogP contribution in [0.2, 0.25) is 0 Å². The average Bonchev–Trinajstić information content (AvgIpc) is 2.58. The van der Waals surface area contributed by atoms with Gasteiger partial charge in [0.05, 0.1) is 16.7 Å². The number of hydrogen-bond donors (Lipinski definition) is 1. The Bertz CT molecular complexity index is 648. The quantitative estimate of drug-likeness (QED) is 0.808. The second-order valence-corrected chi connectivity index (χ2v) is 6.16. The maximum absolute atomic E-state index is 10.1. The number of nitrogens with zero attached hydrogens (tertiary/aromatic N) is 1. The van der Waals surface area contributed by atoms with Crippen molar-refractivity contribution in [3.05, 3.63) is 30.5 Å². The molecule has 1 aliphatic heterocycles. The molecule has 0 radical (unpaired) electrons. The highest BCUT2D eigenvalue weighted by Crippen LogP contribution is 2.37. The zero-order chi connectivity index (χ0) is 14.5. The molecule has 20 heavy (non-hydrogen) atoms. The summed E-state index contributed by atoms with van der Waals surface area (Å²) in [5, 5.41) is 10.8. The first-order valence-corrected chi connectivity index (χ1v) is 6.74. The van der Waals surface area contributed by atoms with Gasteiger partial charge in [-0.1, -0.05) is 6.07 Å². The molecule has 0 saturated carbocycles. The molecule has 3 rings (SSSR count). The summed E-state index contributed by atoms with van der Waals surface area (Å²) in [4.78, 5) is 4.28. The minimum Gasteiger partial charge on any atom is -0.507 e. The summed E-state index contributed by atoms with van der Waals surface area (Å²) in [6.45, 7) is 8.04. The highest BCUT2D eigenvalue weighted by Gasteiger charge is 2.52. The van der Waals surface area contributed by atoms with Crippen molar-refractivity contribution in [1.29, 1.82) is 0 Å². The predicted molar refractivity (Wildman–Crippen MR) is 79.1 cm³/mol. The third-order valence-electron chi connectivity index (χ3n) is 4.28. The van der Waals surface area contributed by atoms with Crippen molar-refractivity contribution in [2.75, 3.05) is 0 Å². The van der Waals surface area contributed by atoms with E-state index < -0.39 is 18.3 Å². The second-order valence-electron chi connectivity index (χ2n) is 6.16. The standard InChI is InChI=1S/C15H18BNO3/c1-14(2)15(3,4)20-16(19-14)10-8-9-17-11-6-5-7-12(18)13(10)11/h5-9,18H,1-4H3. The van der Waals surface area contributed by atoms with Crippen LogP contribution in [-0.4, -0.2) is 28.4 Å². The molecule has 104 valence electrons. The Hall–Kier alpha value is -1.59. The van der Waals surface area contributed by atoms with E-state index in [9.17, 15) is 5.11 Å². The molecular formula is C15H18BNO3. The molecule has 1 aromatic heterocycles. The number of phenolic OH excluding ortho intramolecular Hbond substituents is 1. The number of rotatable bonds is 1. The highest BCUT2D eigenvalue weighted by atomic mass is 16.7. The molecule has 0 bridgehead atoms. The van der Waals surface area contributed by atoms with Crippen LogP contribution < -0.4 is 5.46 Å². The van der Waals surface area contributed by atoms with E-state index in [-0.39, 0.29) is 5.75 Å². The van der Waals surface area contributed by atoms with Crippen LogP contribution in [0.4, 0.5) is 0 Å². The monoisotopic (exact) mass is 271 g/mol. The third-order valence-corrected chi connectivity index (χ3v) is 4.28. The minimum absolute atomic E-state index is 0.195. The summed E-state index contributed by atoms with van der Waals surface area (Å²) in [7, 11) is -0.501. The van der Waals surface area contributed by atoms with Crippen molar-refractivity contribution in [2.45, 2.75) is 38.9 Å². The topological polar surface area (TPSA) is 51.6 Å². The second kappa shape index (κ2) is 4.20. The fraction of sp³-hybridized carbons (Fsp3) is 0.400. The van der Waals surface area contributed by atoms with Gasteiger partial charge in [0.15, 0.2) is 0 Å². The molecule has 5 heteroatoms. The Morgan fingerprint density at radius 2 is 1.70 bits per heavy atom. The van der Waals surface area contributed by atoms with Gasteiger partial charge in [0.25, 0.3) is 0 Å². The smallest absolute Gasteiger partial charge is 0.495 e. The summed E-state index contributed by atoms with van der Waals surface area (Å²) in [6.07, 6.45) is 1.71. The largest absolute Gasteiger partial charge is 0.507 e. The Morgan fingerprint density at radius 1 is 1.05 bits per heavy atom. The number of fused-ring (bicyclic) bond motifs is 1. The fourth-order valence-corrected chi connectivity index (χ4v) is 2.38. The first-order valence-electron chi connectivity index (χ1n) is 6.74. The number of pyridine rings is 1. The summed E-state index contributed by atoms with van der Waals surface area (Å²) in [5.41, 5.74) is 0.735. The van der Waals surface area contributed by atoms with Gasteiger partial charge < -0.3 is 14.4 Å². The van der Waals surface area contributed by atoms with Gasteiger partial charge >= 0.3 is 7.12 Å². The van der Waals surface area contributed by atoms with Gasteiger partial charge in [-0.05, 0) is 51.4 Å². The predicted octanol–water partition coefficient (Wildman–Crippen LogP) is 2.24. The molecule has 1 N–H and O–H groups in total. The van der Waals surface area contributed by atoms with Gasteiger partial charge in [0.2, 0.25) is 0 Å². The SMILES string of the molecule is CC1(C)OB(c2ccnc3cccc(O)c23)OC1(C)C. The minimum atomic E-state index is -0.501. The lowest BCUT2D eigenvalue weighted by Crippen LogP contribution is -2.41. The van der Waals surface area contributed by atoms with E-state index >= 15 is 0 Å². The van der Waals surface area contributed by atoms with Crippen molar-refractivity contribution < 1.29 is 14.4 Å². The average molecular weight is 271 g/mol. The molecule has 0 spiro atoms. The van der Waals surface area contributed by atoms with Gasteiger partial charge in [-0.3, -0.25) is 4.98 Å². The van der Waals surface area contributed by atoms with E-state index in [1.54, 1.807) is 18.3 Å². The van der Waals surface area contributed by atoms with E-state index in [4.69, 9.17) is 9.31 Å². The first kappa shape index (κ1) is 13.4. The summed E-state index contributed by atoms with van der Waals surface area (Å²) in [6, 6.07) is 7.13. The Balaban J connectivity index is 2.13. The van der Waals surface area contributed by atoms with Gasteiger partial charge in [-0.15, -0.1) is 0 Å². The molecule has 1 fully saturated rings. The van der Waals surface area contributed by atoms with E-state index in [1.807, 2.05) is 39.8 Å². The Kier molecular flexibility index (Phi) is 2.82. The number of aromatic nitrogens is 1. The van der Waals surface area contributed by atoms with Gasteiger partial charge in [0.1, 0.15) is 5.75 Å². The number of aromatic hydroxyl groups is 1. The lowest BCUT2D eigenvalue weighted by Gasteiger charge is -2.32. The Labute approximate surface area is 118 Å². The molecule has 1 saturated heterocycles. The zero-order valence-corrected chi connectivity index (χ0v) is 12.2. The molecule has 0 amide bonds. The maximum atomic E-state index is 10.1. The lowest BCUT2D eigenvalue weighted by molar-refractivity contribution is 0.00578. The molecule has 0 atom stereocenters. The molecule has 4 nitrogen and oxygen atoms in total. The molecule has 0 unspecified atom stereocenters. The fourth-order valence-electron chi connectivity index (χ4n) is 2.38. The number of benzene rings is 1. The van der Waals surface area contributed by atoms with Crippen LogP contribution in [0.5, 0.6) is 5.75 Å². The first-order chi connectivity index (χ1) is 9.32. The van der Waals surface area contributed by atoms with Crippen molar-refractivity contribution in [1.82, 2.24) is 4.98 Å². The van der Waals surface area contributed by atoms with E-state index in [2.05, 4.69) is 4.98 Å². The number of phenols is 1. The zero-order valence-electron chi connectivity index (χ0n) is 12.2. The third kappa shape index (κ3) is 1.89. The van der Waals surface area contributed by atoms with Crippen LogP contribution in [0.1, 0.15) is 27.7 Å². The van der Waals surface area contributed by atoms with E-state index in [0.29, 0.717) is 5.39 Å². The van der Waals surface area contributed by atoms with Crippen LogP contribution in [0, 0.1) is 0 Å². The van der Waals surface area contributed by atoms with Crippen LogP contribution in [-0.2, 0) is 9.31 Å². The molecular weight excluding hydrogens is 253 g/mol. The lowest BCUT2D eigenvalue weighted by atomic mass is 9.77. The van der Waals surface area contributed by atoms with Crippen LogP contribution in [0.15, 0.2) is 30.5 Å². The van der Waals surface area contributed by atoms with Gasteiger partial charge in [-0.25, -0.2) is 0 Å². The van der Waals surface area contributed by atoms with Crippen LogP contribution in [0.3, 0.4) is 0 Å². The molecule has 2 heterocycles. The van der Waals surface area contributed by atoms with Crippen molar-refractivity contribution >= 4 is 23.5 Å². The Morgan fingerprint density at radius 3 is 2.35 bits per heavy atom. The van der Waals surface area contributed by atoms with Crippen molar-refractivity contribution in [3.8, 4) is 5.75 Å². The van der Waals surface area contributed by atoms with Crippen LogP contribution in [0.25, 0.3) is 10.9 Å².